The number of aromatic nitrogens is 5. The molecule has 214 valence electrons. The zero-order valence-electron chi connectivity index (χ0n) is 23.3. The number of thiophene rings is 1. The molecule has 1 amide bonds. The van der Waals surface area contributed by atoms with Crippen molar-refractivity contribution in [3.8, 4) is 44.6 Å². The lowest BCUT2D eigenvalue weighted by molar-refractivity contribution is -0.116. The quantitative estimate of drug-likeness (QED) is 0.195. The molecule has 0 unspecified atom stereocenters. The monoisotopic (exact) mass is 591 g/mol. The number of rotatable bonds is 8. The van der Waals surface area contributed by atoms with Crippen molar-refractivity contribution in [1.82, 2.24) is 29.8 Å². The largest absolute Gasteiger partial charge is 0.421 e. The number of pyridine rings is 1. The summed E-state index contributed by atoms with van der Waals surface area (Å²) in [5.41, 5.74) is 12.1. The van der Waals surface area contributed by atoms with E-state index in [2.05, 4.69) is 31.8 Å². The van der Waals surface area contributed by atoms with Crippen molar-refractivity contribution >= 4 is 33.1 Å². The van der Waals surface area contributed by atoms with E-state index in [9.17, 15) is 4.79 Å². The van der Waals surface area contributed by atoms with Crippen molar-refractivity contribution < 1.29 is 13.9 Å². The Balaban J connectivity index is 1.50. The van der Waals surface area contributed by atoms with Crippen LogP contribution in [-0.4, -0.2) is 30.4 Å². The summed E-state index contributed by atoms with van der Waals surface area (Å²) < 4.78 is 24.0. The van der Waals surface area contributed by atoms with Crippen molar-refractivity contribution in [3.05, 3.63) is 103 Å². The van der Waals surface area contributed by atoms with Crippen LogP contribution in [0.5, 0.6) is 11.8 Å². The van der Waals surface area contributed by atoms with E-state index in [1.807, 2.05) is 35.9 Å². The van der Waals surface area contributed by atoms with E-state index in [1.165, 1.54) is 12.1 Å². The molecule has 0 spiro atoms. The highest BCUT2D eigenvalue weighted by atomic mass is 32.1. The predicted molar refractivity (Wildman–Crippen MR) is 166 cm³/mol. The third kappa shape index (κ3) is 5.45. The number of hydrogen-bond acceptors (Lipinski definition) is 8. The van der Waals surface area contributed by atoms with Gasteiger partial charge in [0.2, 0.25) is 5.91 Å². The Bertz CT molecular complexity index is 2000. The van der Waals surface area contributed by atoms with E-state index in [-0.39, 0.29) is 17.7 Å². The van der Waals surface area contributed by atoms with Gasteiger partial charge in [0.15, 0.2) is 11.6 Å². The summed E-state index contributed by atoms with van der Waals surface area (Å²) in [5.74, 6) is -0.486. The molecule has 11 heteroatoms. The Hall–Kier alpha value is -5.42. The number of amides is 1. The third-order valence-corrected chi connectivity index (χ3v) is 8.17. The molecule has 0 bridgehead atoms. The first-order valence-corrected chi connectivity index (χ1v) is 14.1. The zero-order chi connectivity index (χ0) is 30.1. The van der Waals surface area contributed by atoms with Crippen molar-refractivity contribution in [1.29, 1.82) is 0 Å². The lowest BCUT2D eigenvalue weighted by atomic mass is 9.97. The number of aryl methyl sites for hydroxylation is 2. The normalized spacial score (nSPS) is 11.0. The number of nitrogen functional groups attached to an aromatic ring is 1. The molecule has 4 heterocycles. The number of anilines is 1. The molecule has 0 aliphatic heterocycles. The summed E-state index contributed by atoms with van der Waals surface area (Å²) in [6, 6.07) is 14.4. The minimum atomic E-state index is -0.574. The van der Waals surface area contributed by atoms with Gasteiger partial charge in [0.25, 0.3) is 0 Å². The van der Waals surface area contributed by atoms with Crippen LogP contribution in [-0.2, 0) is 18.4 Å². The highest BCUT2D eigenvalue weighted by Crippen LogP contribution is 2.49. The summed E-state index contributed by atoms with van der Waals surface area (Å²) in [4.78, 5) is 29.6. The van der Waals surface area contributed by atoms with Crippen LogP contribution in [0.25, 0.3) is 42.9 Å². The number of nitrogens with two attached hydrogens (primary N) is 1. The second-order valence-electron chi connectivity index (χ2n) is 9.80. The third-order valence-electron chi connectivity index (χ3n) is 6.90. The summed E-state index contributed by atoms with van der Waals surface area (Å²) >= 11 is 1.54. The molecule has 0 radical (unpaired) electrons. The molecular weight excluding hydrogens is 565 g/mol. The van der Waals surface area contributed by atoms with Crippen LogP contribution in [0.2, 0.25) is 0 Å². The predicted octanol–water partition coefficient (Wildman–Crippen LogP) is 6.45. The molecule has 0 atom stereocenters. The number of carbonyl (C=O) groups excluding carboxylic acids is 1. The molecule has 43 heavy (non-hydrogen) atoms. The molecule has 6 aromatic rings. The van der Waals surface area contributed by atoms with Gasteiger partial charge in [0.1, 0.15) is 5.82 Å². The van der Waals surface area contributed by atoms with E-state index >= 15 is 4.39 Å². The number of ether oxygens (including phenoxy) is 1. The second-order valence-corrected chi connectivity index (χ2v) is 10.8. The van der Waals surface area contributed by atoms with Gasteiger partial charge in [0, 0.05) is 53.1 Å². The average Bonchev–Trinajstić information content (AvgIpc) is 3.62. The number of benzene rings is 2. The number of nitrogens with zero attached hydrogens (tertiary/aromatic N) is 5. The topological polar surface area (TPSA) is 121 Å². The van der Waals surface area contributed by atoms with Crippen molar-refractivity contribution in [2.45, 2.75) is 13.5 Å². The summed E-state index contributed by atoms with van der Waals surface area (Å²) in [6.07, 6.45) is 8.03. The fourth-order valence-electron chi connectivity index (χ4n) is 4.75. The smallest absolute Gasteiger partial charge is 0.322 e. The average molecular weight is 592 g/mol. The SMILES string of the molecule is C=CC(=O)NCc1ccc(-c2sc3c(-c4cncn4C)cnc(N)c3c2-c2ccc(Oc3nccc(C)n3)c(F)c2)cc1. The number of fused-ring (bicyclic) bond motifs is 1. The maximum atomic E-state index is 15.6. The lowest BCUT2D eigenvalue weighted by Gasteiger charge is -2.11. The van der Waals surface area contributed by atoms with Gasteiger partial charge in [-0.25, -0.2) is 24.3 Å². The molecule has 0 saturated heterocycles. The number of nitrogens with one attached hydrogen (secondary N) is 1. The maximum Gasteiger partial charge on any atom is 0.322 e. The van der Waals surface area contributed by atoms with Crippen molar-refractivity contribution in [2.24, 2.45) is 7.05 Å². The number of hydrogen-bond donors (Lipinski definition) is 2. The second kappa shape index (κ2) is 11.5. The van der Waals surface area contributed by atoms with Gasteiger partial charge in [-0.2, -0.15) is 0 Å². The van der Waals surface area contributed by atoms with Gasteiger partial charge < -0.3 is 20.4 Å². The Morgan fingerprint density at radius 2 is 1.93 bits per heavy atom. The Labute approximate surface area is 250 Å². The molecule has 6 rings (SSSR count). The summed E-state index contributed by atoms with van der Waals surface area (Å²) in [5, 5.41) is 3.50. The molecular formula is C32H26FN7O2S. The standard InChI is InChI=1S/C32H26FN7O2S/c1-4-26(41)37-14-19-5-7-20(8-6-19)29-27(21-9-10-25(23(33)13-21)42-32-36-12-11-18(2)39-32)28-30(43-29)22(15-38-31(28)34)24-16-35-17-40(24)3/h4-13,15-17H,1,14H2,2-3H3,(H2,34,38)(H,37,41). The minimum Gasteiger partial charge on any atom is -0.421 e. The van der Waals surface area contributed by atoms with E-state index in [1.54, 1.807) is 61.4 Å². The van der Waals surface area contributed by atoms with Crippen molar-refractivity contribution in [2.75, 3.05) is 5.73 Å². The first-order valence-electron chi connectivity index (χ1n) is 13.3. The fourth-order valence-corrected chi connectivity index (χ4v) is 6.10. The molecule has 3 N–H and O–H groups in total. The van der Waals surface area contributed by atoms with E-state index in [4.69, 9.17) is 10.5 Å². The number of imidazole rings is 1. The summed E-state index contributed by atoms with van der Waals surface area (Å²) in [6.45, 7) is 5.66. The molecule has 0 fully saturated rings. The van der Waals surface area contributed by atoms with Crippen LogP contribution in [0.1, 0.15) is 11.3 Å². The zero-order valence-corrected chi connectivity index (χ0v) is 24.2. The van der Waals surface area contributed by atoms with Crippen LogP contribution in [0, 0.1) is 12.7 Å². The van der Waals surface area contributed by atoms with Gasteiger partial charge in [-0.1, -0.05) is 36.9 Å². The van der Waals surface area contributed by atoms with Crippen LogP contribution in [0.15, 0.2) is 86.1 Å². The molecule has 0 saturated carbocycles. The number of carbonyl (C=O) groups is 1. The van der Waals surface area contributed by atoms with Gasteiger partial charge in [-0.15, -0.1) is 11.3 Å². The highest BCUT2D eigenvalue weighted by molar-refractivity contribution is 7.23. The Kier molecular flexibility index (Phi) is 7.39. The van der Waals surface area contributed by atoms with Crippen LogP contribution >= 0.6 is 11.3 Å². The first-order chi connectivity index (χ1) is 20.8. The molecule has 0 aliphatic rings. The highest BCUT2D eigenvalue weighted by Gasteiger charge is 2.23. The molecule has 4 aromatic heterocycles. The van der Waals surface area contributed by atoms with E-state index in [0.717, 1.165) is 42.9 Å². The van der Waals surface area contributed by atoms with Gasteiger partial charge in [-0.3, -0.25) is 4.79 Å². The molecule has 2 aromatic carbocycles. The molecule has 9 nitrogen and oxygen atoms in total. The first kappa shape index (κ1) is 27.7. The molecule has 0 aliphatic carbocycles. The Morgan fingerprint density at radius 1 is 1.14 bits per heavy atom. The van der Waals surface area contributed by atoms with E-state index in [0.29, 0.717) is 23.6 Å². The van der Waals surface area contributed by atoms with E-state index < -0.39 is 5.82 Å². The van der Waals surface area contributed by atoms with Gasteiger partial charge in [0.05, 0.1) is 22.9 Å². The summed E-state index contributed by atoms with van der Waals surface area (Å²) in [7, 11) is 1.91. The lowest BCUT2D eigenvalue weighted by Crippen LogP contribution is -2.19. The van der Waals surface area contributed by atoms with Crippen molar-refractivity contribution in [3.63, 3.8) is 0 Å². The number of halogens is 1. The minimum absolute atomic E-state index is 0.00281. The van der Waals surface area contributed by atoms with Crippen LogP contribution in [0.4, 0.5) is 10.2 Å². The Morgan fingerprint density at radius 3 is 2.63 bits per heavy atom. The fraction of sp³-hybridized carbons (Fsp3) is 0.0938. The van der Waals surface area contributed by atoms with Crippen LogP contribution in [0.3, 0.4) is 0 Å². The van der Waals surface area contributed by atoms with Crippen LogP contribution < -0.4 is 15.8 Å². The maximum absolute atomic E-state index is 15.6. The van der Waals surface area contributed by atoms with Gasteiger partial charge >= 0.3 is 6.01 Å². The van der Waals surface area contributed by atoms with Gasteiger partial charge in [-0.05, 0) is 47.9 Å².